The van der Waals surface area contributed by atoms with Crippen molar-refractivity contribution in [3.63, 3.8) is 0 Å². The number of carbonyl (C=O) groups is 3. The molecule has 1 aromatic carbocycles. The summed E-state index contributed by atoms with van der Waals surface area (Å²) in [6, 6.07) is 8.46. The highest BCUT2D eigenvalue weighted by molar-refractivity contribution is 6.35. The van der Waals surface area contributed by atoms with Gasteiger partial charge in [0.15, 0.2) is 0 Å². The van der Waals surface area contributed by atoms with Crippen molar-refractivity contribution in [2.75, 3.05) is 38.0 Å². The van der Waals surface area contributed by atoms with Gasteiger partial charge >= 0.3 is 11.8 Å². The van der Waals surface area contributed by atoms with Crippen molar-refractivity contribution in [1.82, 2.24) is 14.7 Å². The van der Waals surface area contributed by atoms with Crippen LogP contribution in [0.25, 0.3) is 0 Å². The lowest BCUT2D eigenvalue weighted by molar-refractivity contribution is -0.156. The summed E-state index contributed by atoms with van der Waals surface area (Å²) >= 11 is 0. The van der Waals surface area contributed by atoms with E-state index in [2.05, 4.69) is 17.1 Å². The molecule has 0 aliphatic carbocycles. The van der Waals surface area contributed by atoms with Crippen molar-refractivity contribution in [2.45, 2.75) is 45.7 Å². The second-order valence-corrected chi connectivity index (χ2v) is 7.67. The summed E-state index contributed by atoms with van der Waals surface area (Å²) in [5.74, 6) is -1.42. The van der Waals surface area contributed by atoms with Gasteiger partial charge in [0.2, 0.25) is 5.91 Å². The van der Waals surface area contributed by atoms with Crippen molar-refractivity contribution in [3.8, 4) is 0 Å². The van der Waals surface area contributed by atoms with Crippen LogP contribution in [0.5, 0.6) is 0 Å². The molecule has 1 unspecified atom stereocenters. The van der Waals surface area contributed by atoms with E-state index in [9.17, 15) is 14.4 Å². The third kappa shape index (κ3) is 4.90. The van der Waals surface area contributed by atoms with Gasteiger partial charge in [-0.25, -0.2) is 0 Å². The zero-order chi connectivity index (χ0) is 20.1. The summed E-state index contributed by atoms with van der Waals surface area (Å²) in [5, 5.41) is 2.82. The first-order valence-electron chi connectivity index (χ1n) is 10.2. The number of carbonyl (C=O) groups excluding carboxylic acids is 3. The van der Waals surface area contributed by atoms with Gasteiger partial charge in [0.25, 0.3) is 0 Å². The van der Waals surface area contributed by atoms with Crippen LogP contribution < -0.4 is 5.32 Å². The van der Waals surface area contributed by atoms with E-state index >= 15 is 0 Å². The number of likely N-dealkylation sites (tertiary alicyclic amines) is 1. The molecule has 1 atom stereocenters. The Hall–Kier alpha value is -2.41. The highest BCUT2D eigenvalue weighted by Crippen LogP contribution is 2.20. The summed E-state index contributed by atoms with van der Waals surface area (Å²) in [7, 11) is 0. The zero-order valence-electron chi connectivity index (χ0n) is 16.8. The fourth-order valence-corrected chi connectivity index (χ4v) is 3.86. The van der Waals surface area contributed by atoms with E-state index in [1.807, 2.05) is 31.2 Å². The molecule has 3 rings (SSSR count). The quantitative estimate of drug-likeness (QED) is 0.755. The summed E-state index contributed by atoms with van der Waals surface area (Å²) in [5.41, 5.74) is 1.93. The molecule has 1 aromatic rings. The molecule has 0 bridgehead atoms. The van der Waals surface area contributed by atoms with E-state index in [1.54, 1.807) is 0 Å². The van der Waals surface area contributed by atoms with Crippen molar-refractivity contribution < 1.29 is 14.4 Å². The van der Waals surface area contributed by atoms with Crippen LogP contribution in [0.2, 0.25) is 0 Å². The molecule has 2 aliphatic rings. The highest BCUT2D eigenvalue weighted by Gasteiger charge is 2.32. The van der Waals surface area contributed by atoms with Gasteiger partial charge in [0, 0.05) is 37.9 Å². The molecule has 152 valence electrons. The number of hydrogen-bond donors (Lipinski definition) is 1. The van der Waals surface area contributed by atoms with Crippen molar-refractivity contribution >= 4 is 23.4 Å². The molecule has 2 fully saturated rings. The molecule has 0 saturated carbocycles. The first-order valence-corrected chi connectivity index (χ1v) is 10.2. The Morgan fingerprint density at radius 1 is 1.04 bits per heavy atom. The first-order chi connectivity index (χ1) is 13.5. The lowest BCUT2D eigenvalue weighted by atomic mass is 10.0. The fraction of sp³-hybridized carbons (Fsp3) is 0.571. The van der Waals surface area contributed by atoms with Crippen LogP contribution in [0.3, 0.4) is 0 Å². The van der Waals surface area contributed by atoms with Crippen LogP contribution >= 0.6 is 0 Å². The number of amides is 3. The molecule has 2 saturated heterocycles. The van der Waals surface area contributed by atoms with E-state index in [1.165, 1.54) is 34.6 Å². The first kappa shape index (κ1) is 20.3. The Morgan fingerprint density at radius 3 is 2.39 bits per heavy atom. The average molecular weight is 386 g/mol. The normalized spacial score (nSPS) is 21.1. The summed E-state index contributed by atoms with van der Waals surface area (Å²) < 4.78 is 0. The Morgan fingerprint density at radius 2 is 1.71 bits per heavy atom. The molecule has 2 aliphatic heterocycles. The molecule has 7 nitrogen and oxygen atoms in total. The Kier molecular flexibility index (Phi) is 6.67. The summed E-state index contributed by atoms with van der Waals surface area (Å²) in [6.45, 7) is 7.44. The third-order valence-corrected chi connectivity index (χ3v) is 5.68. The van der Waals surface area contributed by atoms with E-state index < -0.39 is 11.8 Å². The number of nitrogens with zero attached hydrogens (tertiary/aromatic N) is 3. The van der Waals surface area contributed by atoms with Gasteiger partial charge in [-0.2, -0.15) is 0 Å². The number of hydrogen-bond acceptors (Lipinski definition) is 4. The minimum absolute atomic E-state index is 0.102. The predicted octanol–water partition coefficient (Wildman–Crippen LogP) is 1.69. The van der Waals surface area contributed by atoms with E-state index in [4.69, 9.17) is 0 Å². The van der Waals surface area contributed by atoms with Gasteiger partial charge in [-0.3, -0.25) is 19.3 Å². The molecular weight excluding hydrogens is 356 g/mol. The molecule has 3 amide bonds. The van der Waals surface area contributed by atoms with Gasteiger partial charge in [-0.1, -0.05) is 18.6 Å². The molecule has 0 spiro atoms. The van der Waals surface area contributed by atoms with Gasteiger partial charge in [0.05, 0.1) is 0 Å². The average Bonchev–Trinajstić information content (AvgIpc) is 2.69. The second-order valence-electron chi connectivity index (χ2n) is 7.67. The largest absolute Gasteiger partial charge is 0.333 e. The monoisotopic (exact) mass is 386 g/mol. The lowest BCUT2D eigenvalue weighted by Crippen LogP contribution is -2.55. The minimum Gasteiger partial charge on any atom is -0.333 e. The molecular formula is C21H30N4O3. The predicted molar refractivity (Wildman–Crippen MR) is 108 cm³/mol. The number of benzene rings is 1. The Balaban J connectivity index is 1.50. The van der Waals surface area contributed by atoms with Crippen LogP contribution in [0.1, 0.15) is 38.7 Å². The summed E-state index contributed by atoms with van der Waals surface area (Å²) in [4.78, 5) is 41.6. The van der Waals surface area contributed by atoms with Crippen LogP contribution in [0.15, 0.2) is 24.3 Å². The third-order valence-electron chi connectivity index (χ3n) is 5.68. The Bertz CT molecular complexity index is 719. The number of rotatable bonds is 6. The molecule has 2 heterocycles. The smallest absolute Gasteiger partial charge is 0.312 e. The lowest BCUT2D eigenvalue weighted by Gasteiger charge is -2.33. The topological polar surface area (TPSA) is 73.0 Å². The maximum absolute atomic E-state index is 12.3. The van der Waals surface area contributed by atoms with Gasteiger partial charge < -0.3 is 15.1 Å². The fourth-order valence-electron chi connectivity index (χ4n) is 3.86. The number of nitrogens with one attached hydrogen (secondary N) is 1. The zero-order valence-corrected chi connectivity index (χ0v) is 16.8. The SMILES string of the molecule is CCN1CCN(CC(=O)Nc2ccc(CN3CCCCC3C)cc2)C(=O)C1=O. The van der Waals surface area contributed by atoms with E-state index in [-0.39, 0.29) is 12.5 Å². The van der Waals surface area contributed by atoms with Crippen LogP contribution in [0.4, 0.5) is 5.69 Å². The number of piperidine rings is 1. The maximum Gasteiger partial charge on any atom is 0.312 e. The van der Waals surface area contributed by atoms with Crippen molar-refractivity contribution in [1.29, 1.82) is 0 Å². The number of likely N-dealkylation sites (N-methyl/N-ethyl adjacent to an activating group) is 1. The highest BCUT2D eigenvalue weighted by atomic mass is 16.2. The van der Waals surface area contributed by atoms with E-state index in [0.29, 0.717) is 31.4 Å². The van der Waals surface area contributed by atoms with Crippen LogP contribution in [-0.4, -0.2) is 71.2 Å². The summed E-state index contributed by atoms with van der Waals surface area (Å²) in [6.07, 6.45) is 3.82. The van der Waals surface area contributed by atoms with Gasteiger partial charge in [0.1, 0.15) is 6.54 Å². The molecule has 0 aromatic heterocycles. The Labute approximate surface area is 166 Å². The standard InChI is InChI=1S/C21H30N4O3/c1-3-23-12-13-25(21(28)20(23)27)15-19(26)22-18-9-7-17(8-10-18)14-24-11-5-4-6-16(24)2/h7-10,16H,3-6,11-15H2,1-2H3,(H,22,26). The molecule has 7 heteroatoms. The van der Waals surface area contributed by atoms with Gasteiger partial charge in [-0.15, -0.1) is 0 Å². The van der Waals surface area contributed by atoms with Crippen molar-refractivity contribution in [3.05, 3.63) is 29.8 Å². The number of anilines is 1. The minimum atomic E-state index is -0.603. The molecule has 28 heavy (non-hydrogen) atoms. The molecule has 1 N–H and O–H groups in total. The van der Waals surface area contributed by atoms with Crippen molar-refractivity contribution in [2.24, 2.45) is 0 Å². The molecule has 0 radical (unpaired) electrons. The van der Waals surface area contributed by atoms with Crippen LogP contribution in [0, 0.1) is 0 Å². The maximum atomic E-state index is 12.3. The van der Waals surface area contributed by atoms with Gasteiger partial charge in [-0.05, 0) is 50.9 Å². The second kappa shape index (κ2) is 9.19. The van der Waals surface area contributed by atoms with E-state index in [0.717, 1.165) is 13.1 Å². The van der Waals surface area contributed by atoms with Crippen LogP contribution in [-0.2, 0) is 20.9 Å². The number of piperazine rings is 1.